The predicted octanol–water partition coefficient (Wildman–Crippen LogP) is 3.41. The third-order valence-corrected chi connectivity index (χ3v) is 4.34. The van der Waals surface area contributed by atoms with E-state index >= 15 is 0 Å². The molecule has 0 saturated carbocycles. The molecule has 1 amide bonds. The molecule has 1 aromatic heterocycles. The summed E-state index contributed by atoms with van der Waals surface area (Å²) in [7, 11) is 0. The molecule has 1 fully saturated rings. The molecule has 0 spiro atoms. The molecule has 26 heavy (non-hydrogen) atoms. The van der Waals surface area contributed by atoms with E-state index in [0.29, 0.717) is 5.76 Å². The Morgan fingerprint density at radius 2 is 1.96 bits per heavy atom. The van der Waals surface area contributed by atoms with E-state index in [1.165, 1.54) is 37.4 Å². The number of rotatable bonds is 6. The fourth-order valence-electron chi connectivity index (χ4n) is 2.90. The molecule has 1 saturated heterocycles. The zero-order valence-corrected chi connectivity index (χ0v) is 14.6. The Morgan fingerprint density at radius 3 is 2.62 bits per heavy atom. The quantitative estimate of drug-likeness (QED) is 0.616. The summed E-state index contributed by atoms with van der Waals surface area (Å²) in [6.45, 7) is 2.44. The number of hydrogen-bond donors (Lipinski definition) is 2. The fourth-order valence-corrected chi connectivity index (χ4v) is 2.90. The van der Waals surface area contributed by atoms with Gasteiger partial charge in [-0.15, -0.1) is 0 Å². The second-order valence-corrected chi connectivity index (χ2v) is 6.17. The van der Waals surface area contributed by atoms with Gasteiger partial charge in [-0.25, -0.2) is 0 Å². The molecule has 6 nitrogen and oxygen atoms in total. The summed E-state index contributed by atoms with van der Waals surface area (Å²) in [4.78, 5) is 14.4. The zero-order valence-electron chi connectivity index (χ0n) is 14.6. The zero-order chi connectivity index (χ0) is 18.2. The third-order valence-electron chi connectivity index (χ3n) is 4.34. The maximum Gasteiger partial charge on any atom is 0.263 e. The molecule has 1 aromatic carbocycles. The van der Waals surface area contributed by atoms with Crippen LogP contribution in [0.1, 0.15) is 25.0 Å². The number of furan rings is 1. The lowest BCUT2D eigenvalue weighted by molar-refractivity contribution is -0.117. The molecule has 2 heterocycles. The second-order valence-electron chi connectivity index (χ2n) is 6.17. The largest absolute Gasteiger partial charge is 0.467 e. The predicted molar refractivity (Wildman–Crippen MR) is 100 cm³/mol. The van der Waals surface area contributed by atoms with Crippen molar-refractivity contribution in [2.75, 3.05) is 23.3 Å². The molecule has 0 aliphatic carbocycles. The maximum absolute atomic E-state index is 12.1. The number of amides is 1. The van der Waals surface area contributed by atoms with Crippen LogP contribution < -0.4 is 15.5 Å². The molecule has 1 aliphatic heterocycles. The van der Waals surface area contributed by atoms with Gasteiger partial charge in [0.2, 0.25) is 0 Å². The Labute approximate surface area is 153 Å². The van der Waals surface area contributed by atoms with E-state index in [4.69, 9.17) is 4.42 Å². The van der Waals surface area contributed by atoms with Crippen LogP contribution in [0.25, 0.3) is 0 Å². The molecule has 2 N–H and O–H groups in total. The van der Waals surface area contributed by atoms with Crippen LogP contribution in [0.4, 0.5) is 11.4 Å². The Balaban J connectivity index is 1.56. The van der Waals surface area contributed by atoms with Crippen LogP contribution in [0.2, 0.25) is 0 Å². The first kappa shape index (κ1) is 17.6. The minimum Gasteiger partial charge on any atom is -0.467 e. The Kier molecular flexibility index (Phi) is 5.94. The van der Waals surface area contributed by atoms with Crippen molar-refractivity contribution in [1.82, 2.24) is 5.32 Å². The second kappa shape index (κ2) is 8.77. The van der Waals surface area contributed by atoms with Crippen molar-refractivity contribution < 1.29 is 9.21 Å². The van der Waals surface area contributed by atoms with Crippen LogP contribution in [0, 0.1) is 11.3 Å². The van der Waals surface area contributed by atoms with Crippen LogP contribution >= 0.6 is 0 Å². The van der Waals surface area contributed by atoms with E-state index in [1.807, 2.05) is 18.2 Å². The third kappa shape index (κ3) is 4.67. The van der Waals surface area contributed by atoms with Crippen molar-refractivity contribution in [2.24, 2.45) is 0 Å². The summed E-state index contributed by atoms with van der Waals surface area (Å²) in [6.07, 6.45) is 6.74. The molecule has 3 rings (SSSR count). The first-order chi connectivity index (χ1) is 12.8. The van der Waals surface area contributed by atoms with E-state index in [-0.39, 0.29) is 12.1 Å². The smallest absolute Gasteiger partial charge is 0.263 e. The van der Waals surface area contributed by atoms with Crippen LogP contribution in [0.15, 0.2) is 58.9 Å². The van der Waals surface area contributed by atoms with Crippen LogP contribution in [-0.4, -0.2) is 19.0 Å². The minimum absolute atomic E-state index is 0.0108. The van der Waals surface area contributed by atoms with E-state index in [1.54, 1.807) is 12.1 Å². The van der Waals surface area contributed by atoms with Crippen molar-refractivity contribution >= 4 is 17.3 Å². The molecule has 0 unspecified atom stereocenters. The van der Waals surface area contributed by atoms with Gasteiger partial charge in [0, 0.05) is 30.7 Å². The number of nitrogens with zero attached hydrogens (tertiary/aromatic N) is 2. The van der Waals surface area contributed by atoms with Gasteiger partial charge in [-0.2, -0.15) is 5.26 Å². The Hall–Kier alpha value is -3.20. The van der Waals surface area contributed by atoms with Crippen LogP contribution in [0.5, 0.6) is 0 Å². The number of anilines is 2. The number of hydrogen-bond acceptors (Lipinski definition) is 5. The van der Waals surface area contributed by atoms with Gasteiger partial charge in [-0.3, -0.25) is 4.79 Å². The SMILES string of the molecule is N#C/C(=C/Nc1ccc(N2CCCCC2)cc1)C(=O)NCc1ccco1. The van der Waals surface area contributed by atoms with Crippen molar-refractivity contribution in [1.29, 1.82) is 5.26 Å². The first-order valence-electron chi connectivity index (χ1n) is 8.78. The summed E-state index contributed by atoms with van der Waals surface area (Å²) in [5, 5.41) is 14.9. The summed E-state index contributed by atoms with van der Waals surface area (Å²) in [6, 6.07) is 13.5. The Bertz CT molecular complexity index is 782. The maximum atomic E-state index is 12.1. The molecule has 0 radical (unpaired) electrons. The van der Waals surface area contributed by atoms with Gasteiger partial charge in [0.1, 0.15) is 17.4 Å². The van der Waals surface area contributed by atoms with Crippen LogP contribution in [-0.2, 0) is 11.3 Å². The van der Waals surface area contributed by atoms with Gasteiger partial charge < -0.3 is 20.0 Å². The van der Waals surface area contributed by atoms with Gasteiger partial charge >= 0.3 is 0 Å². The average molecular weight is 350 g/mol. The number of nitrogens with one attached hydrogen (secondary N) is 2. The highest BCUT2D eigenvalue weighted by molar-refractivity contribution is 5.97. The van der Waals surface area contributed by atoms with E-state index in [2.05, 4.69) is 27.7 Å². The van der Waals surface area contributed by atoms with Gasteiger partial charge in [-0.05, 0) is 55.7 Å². The fraction of sp³-hybridized carbons (Fsp3) is 0.300. The topological polar surface area (TPSA) is 81.3 Å². The number of carbonyl (C=O) groups is 1. The van der Waals surface area contributed by atoms with Gasteiger partial charge in [-0.1, -0.05) is 0 Å². The summed E-state index contributed by atoms with van der Waals surface area (Å²) >= 11 is 0. The lowest BCUT2D eigenvalue weighted by Crippen LogP contribution is -2.29. The molecule has 0 atom stereocenters. The molecule has 134 valence electrons. The summed E-state index contributed by atoms with van der Waals surface area (Å²) in [5.41, 5.74) is 2.05. The molecule has 1 aliphatic rings. The number of piperidine rings is 1. The van der Waals surface area contributed by atoms with E-state index in [9.17, 15) is 10.1 Å². The highest BCUT2D eigenvalue weighted by Gasteiger charge is 2.11. The lowest BCUT2D eigenvalue weighted by Gasteiger charge is -2.28. The summed E-state index contributed by atoms with van der Waals surface area (Å²) < 4.78 is 5.15. The van der Waals surface area contributed by atoms with Crippen molar-refractivity contribution in [3.63, 3.8) is 0 Å². The van der Waals surface area contributed by atoms with Crippen LogP contribution in [0.3, 0.4) is 0 Å². The molecular weight excluding hydrogens is 328 g/mol. The average Bonchev–Trinajstić information content (AvgIpc) is 3.22. The number of nitriles is 1. The van der Waals surface area contributed by atoms with Crippen molar-refractivity contribution in [3.05, 3.63) is 60.2 Å². The molecule has 2 aromatic rings. The first-order valence-corrected chi connectivity index (χ1v) is 8.78. The normalized spacial score (nSPS) is 14.6. The highest BCUT2D eigenvalue weighted by Crippen LogP contribution is 2.21. The summed E-state index contributed by atoms with van der Waals surface area (Å²) in [5.74, 6) is 0.193. The highest BCUT2D eigenvalue weighted by atomic mass is 16.3. The number of benzene rings is 1. The molecule has 0 bridgehead atoms. The number of carbonyl (C=O) groups excluding carboxylic acids is 1. The monoisotopic (exact) mass is 350 g/mol. The van der Waals surface area contributed by atoms with Gasteiger partial charge in [0.25, 0.3) is 5.91 Å². The molecule has 6 heteroatoms. The van der Waals surface area contributed by atoms with Gasteiger partial charge in [0.15, 0.2) is 0 Å². The van der Waals surface area contributed by atoms with Crippen molar-refractivity contribution in [3.8, 4) is 6.07 Å². The van der Waals surface area contributed by atoms with E-state index < -0.39 is 5.91 Å². The minimum atomic E-state index is -0.443. The lowest BCUT2D eigenvalue weighted by atomic mass is 10.1. The molecular formula is C20H22N4O2. The Morgan fingerprint density at radius 1 is 1.19 bits per heavy atom. The standard InChI is InChI=1S/C20H22N4O2/c21-13-16(20(25)23-15-19-5-4-12-26-19)14-22-17-6-8-18(9-7-17)24-10-2-1-3-11-24/h4-9,12,14,22H,1-3,10-11,15H2,(H,23,25)/b16-14-. The van der Waals surface area contributed by atoms with E-state index in [0.717, 1.165) is 18.8 Å². The van der Waals surface area contributed by atoms with Crippen molar-refractivity contribution in [2.45, 2.75) is 25.8 Å². The van der Waals surface area contributed by atoms with Gasteiger partial charge in [0.05, 0.1) is 12.8 Å².